The van der Waals surface area contributed by atoms with Crippen LogP contribution in [0.1, 0.15) is 43.2 Å². The van der Waals surface area contributed by atoms with E-state index in [4.69, 9.17) is 14.2 Å². The number of benzene rings is 1. The van der Waals surface area contributed by atoms with Crippen molar-refractivity contribution in [2.24, 2.45) is 0 Å². The number of likely N-dealkylation sites (tertiary alicyclic amines) is 1. The van der Waals surface area contributed by atoms with Crippen LogP contribution < -0.4 is 5.32 Å². The molecule has 234 valence electrons. The number of aliphatic hydroxyl groups is 1. The number of piperazine rings is 1. The van der Waals surface area contributed by atoms with E-state index in [-0.39, 0.29) is 12.1 Å². The van der Waals surface area contributed by atoms with Crippen LogP contribution in [0.5, 0.6) is 0 Å². The molecule has 0 aromatic heterocycles. The Bertz CT molecular complexity index is 1120. The van der Waals surface area contributed by atoms with E-state index in [2.05, 4.69) is 15.1 Å². The topological polar surface area (TPSA) is 86.7 Å². The van der Waals surface area contributed by atoms with Gasteiger partial charge in [-0.3, -0.25) is 9.80 Å². The highest BCUT2D eigenvalue weighted by atomic mass is 19.4. The molecule has 1 aromatic rings. The third kappa shape index (κ3) is 6.09. The molecule has 42 heavy (non-hydrogen) atoms. The number of hydrogen-bond acceptors (Lipinski definition) is 7. The minimum atomic E-state index is -5.00. The van der Waals surface area contributed by atoms with E-state index >= 15 is 0 Å². The standard InChI is InChI=1S/C27H34F6N4O5/c28-26(29,30)16-10-17(27(31,32)33)12-18(11-16)34-24(39)37-13-19(14-37)36-8-6-35(7-9-36)15-20-21(38)22-23(40-20)42-25(41-22)4-2-1-3-5-25/h10-12,19-23,38H,1-9,13-15H2,(H,34,39)/t20-,21+,22-,23-/m0/s1. The molecule has 0 unspecified atom stereocenters. The van der Waals surface area contributed by atoms with E-state index in [1.807, 2.05) is 0 Å². The maximum atomic E-state index is 13.1. The molecule has 0 bridgehead atoms. The highest BCUT2D eigenvalue weighted by molar-refractivity contribution is 5.90. The molecule has 4 saturated heterocycles. The second kappa shape index (κ2) is 11.1. The van der Waals surface area contributed by atoms with Gasteiger partial charge in [-0.25, -0.2) is 4.79 Å². The first-order chi connectivity index (χ1) is 19.8. The fourth-order valence-corrected chi connectivity index (χ4v) is 6.53. The number of nitrogens with zero attached hydrogens (tertiary/aromatic N) is 3. The second-order valence-electron chi connectivity index (χ2n) is 11.8. The molecule has 5 aliphatic rings. The van der Waals surface area contributed by atoms with Crippen molar-refractivity contribution in [3.8, 4) is 0 Å². The van der Waals surface area contributed by atoms with Gasteiger partial charge in [-0.05, 0) is 31.0 Å². The van der Waals surface area contributed by atoms with Crippen molar-refractivity contribution in [1.82, 2.24) is 14.7 Å². The van der Waals surface area contributed by atoms with Crippen LogP contribution in [0.4, 0.5) is 36.8 Å². The lowest BCUT2D eigenvalue weighted by molar-refractivity contribution is -0.247. The second-order valence-corrected chi connectivity index (χ2v) is 11.8. The summed E-state index contributed by atoms with van der Waals surface area (Å²) in [5.41, 5.74) is -3.54. The molecule has 2 N–H and O–H groups in total. The number of alkyl halides is 6. The molecular formula is C27H34F6N4O5. The Morgan fingerprint density at radius 2 is 1.55 bits per heavy atom. The van der Waals surface area contributed by atoms with E-state index in [0.29, 0.717) is 57.9 Å². The predicted molar refractivity (Wildman–Crippen MR) is 135 cm³/mol. The molecule has 4 aliphatic heterocycles. The zero-order valence-corrected chi connectivity index (χ0v) is 22.8. The summed E-state index contributed by atoms with van der Waals surface area (Å²) in [5, 5.41) is 13.0. The maximum absolute atomic E-state index is 13.1. The first kappa shape index (κ1) is 29.9. The van der Waals surface area contributed by atoms with Crippen molar-refractivity contribution in [2.45, 2.75) is 80.9 Å². The van der Waals surface area contributed by atoms with Crippen molar-refractivity contribution in [3.63, 3.8) is 0 Å². The number of aliphatic hydroxyl groups excluding tert-OH is 1. The summed E-state index contributed by atoms with van der Waals surface area (Å²) in [6.45, 7) is 3.96. The first-order valence-electron chi connectivity index (χ1n) is 14.3. The Labute approximate surface area is 238 Å². The number of amides is 2. The Balaban J connectivity index is 0.949. The number of hydrogen-bond donors (Lipinski definition) is 2. The van der Waals surface area contributed by atoms with Crippen molar-refractivity contribution in [2.75, 3.05) is 51.1 Å². The lowest BCUT2D eigenvalue weighted by Gasteiger charge is -2.48. The van der Waals surface area contributed by atoms with Gasteiger partial charge in [-0.15, -0.1) is 0 Å². The van der Waals surface area contributed by atoms with E-state index in [0.717, 1.165) is 32.1 Å². The zero-order chi connectivity index (χ0) is 29.9. The summed E-state index contributed by atoms with van der Waals surface area (Å²) in [7, 11) is 0. The summed E-state index contributed by atoms with van der Waals surface area (Å²) in [5.74, 6) is -0.627. The summed E-state index contributed by atoms with van der Waals surface area (Å²) in [6.07, 6.45) is -7.40. The molecule has 2 amide bonds. The van der Waals surface area contributed by atoms with Crippen LogP contribution in [-0.2, 0) is 26.6 Å². The number of ether oxygens (including phenoxy) is 3. The molecule has 9 nitrogen and oxygen atoms in total. The lowest BCUT2D eigenvalue weighted by atomic mass is 9.94. The van der Waals surface area contributed by atoms with Gasteiger partial charge in [0.1, 0.15) is 18.3 Å². The molecule has 1 aliphatic carbocycles. The predicted octanol–water partition coefficient (Wildman–Crippen LogP) is 3.72. The van der Waals surface area contributed by atoms with Crippen LogP contribution >= 0.6 is 0 Å². The average molecular weight is 609 g/mol. The van der Waals surface area contributed by atoms with Crippen LogP contribution in [0.25, 0.3) is 0 Å². The molecule has 1 spiro atoms. The minimum Gasteiger partial charge on any atom is -0.387 e. The van der Waals surface area contributed by atoms with Crippen molar-refractivity contribution in [3.05, 3.63) is 29.3 Å². The number of fused-ring (bicyclic) bond motifs is 1. The van der Waals surface area contributed by atoms with Gasteiger partial charge in [0.15, 0.2) is 12.1 Å². The molecule has 1 aromatic carbocycles. The molecule has 6 rings (SSSR count). The van der Waals surface area contributed by atoms with Crippen LogP contribution in [0.2, 0.25) is 0 Å². The number of nitrogens with one attached hydrogen (secondary N) is 1. The Morgan fingerprint density at radius 1 is 0.929 bits per heavy atom. The molecule has 15 heteroatoms. The lowest BCUT2D eigenvalue weighted by Crippen LogP contribution is -2.65. The van der Waals surface area contributed by atoms with E-state index in [1.165, 1.54) is 4.90 Å². The van der Waals surface area contributed by atoms with Crippen LogP contribution in [0, 0.1) is 0 Å². The number of carbonyl (C=O) groups excluding carboxylic acids is 1. The summed E-state index contributed by atoms with van der Waals surface area (Å²) in [6, 6.07) is 0.289. The number of carbonyl (C=O) groups is 1. The monoisotopic (exact) mass is 608 g/mol. The number of anilines is 1. The van der Waals surface area contributed by atoms with E-state index in [9.17, 15) is 36.2 Å². The highest BCUT2D eigenvalue weighted by Crippen LogP contribution is 2.45. The van der Waals surface area contributed by atoms with Gasteiger partial charge in [0.25, 0.3) is 0 Å². The molecular weight excluding hydrogens is 574 g/mol. The molecule has 4 heterocycles. The van der Waals surface area contributed by atoms with E-state index < -0.39 is 65.6 Å². The van der Waals surface area contributed by atoms with Gasteiger partial charge in [0, 0.05) is 70.4 Å². The molecule has 1 saturated carbocycles. The van der Waals surface area contributed by atoms with Crippen molar-refractivity contribution in [1.29, 1.82) is 0 Å². The van der Waals surface area contributed by atoms with Crippen molar-refractivity contribution >= 4 is 11.7 Å². The first-order valence-corrected chi connectivity index (χ1v) is 14.3. The number of urea groups is 1. The van der Waals surface area contributed by atoms with Crippen LogP contribution in [0.15, 0.2) is 18.2 Å². The fraction of sp³-hybridized carbons (Fsp3) is 0.741. The molecule has 5 fully saturated rings. The fourth-order valence-electron chi connectivity index (χ4n) is 6.53. The largest absolute Gasteiger partial charge is 0.416 e. The Kier molecular flexibility index (Phi) is 7.88. The minimum absolute atomic E-state index is 0.0221. The van der Waals surface area contributed by atoms with Crippen LogP contribution in [0.3, 0.4) is 0 Å². The van der Waals surface area contributed by atoms with Gasteiger partial charge in [-0.1, -0.05) is 6.42 Å². The molecule has 0 radical (unpaired) electrons. The summed E-state index contributed by atoms with van der Waals surface area (Å²) >= 11 is 0. The summed E-state index contributed by atoms with van der Waals surface area (Å²) < 4.78 is 97.0. The third-order valence-corrected chi connectivity index (χ3v) is 8.94. The Morgan fingerprint density at radius 3 is 2.12 bits per heavy atom. The van der Waals surface area contributed by atoms with Crippen molar-refractivity contribution < 1.29 is 50.5 Å². The highest BCUT2D eigenvalue weighted by Gasteiger charge is 2.57. The number of halogens is 6. The van der Waals surface area contributed by atoms with Gasteiger partial charge in [-0.2, -0.15) is 26.3 Å². The van der Waals surface area contributed by atoms with Gasteiger partial charge in [0.2, 0.25) is 0 Å². The SMILES string of the molecule is O=C(Nc1cc(C(F)(F)F)cc(C(F)(F)F)c1)N1CC(N2CCN(C[C@@H]3O[C@H]4OC5(CCCCC5)O[C@H]4[C@@H]3O)CC2)C1. The quantitative estimate of drug-likeness (QED) is 0.505. The smallest absolute Gasteiger partial charge is 0.387 e. The van der Waals surface area contributed by atoms with Crippen LogP contribution in [-0.4, -0.2) is 108 Å². The van der Waals surface area contributed by atoms with E-state index in [1.54, 1.807) is 0 Å². The van der Waals surface area contributed by atoms with Gasteiger partial charge in [0.05, 0.1) is 11.1 Å². The average Bonchev–Trinajstić information content (AvgIpc) is 3.37. The number of rotatable bonds is 4. The maximum Gasteiger partial charge on any atom is 0.416 e. The van der Waals surface area contributed by atoms with Gasteiger partial charge < -0.3 is 29.5 Å². The summed E-state index contributed by atoms with van der Waals surface area (Å²) in [4.78, 5) is 18.3. The Hall–Kier alpha value is -2.17. The van der Waals surface area contributed by atoms with Gasteiger partial charge >= 0.3 is 18.4 Å². The third-order valence-electron chi connectivity index (χ3n) is 8.94. The normalized spacial score (nSPS) is 30.9. The zero-order valence-electron chi connectivity index (χ0n) is 22.8. The molecule has 4 atom stereocenters.